The molecule has 1 aliphatic heterocycles. The predicted molar refractivity (Wildman–Crippen MR) is 115 cm³/mol. The van der Waals surface area contributed by atoms with Crippen LogP contribution in [0.1, 0.15) is 49.7 Å². The number of carbonyl (C=O) groups is 1. The van der Waals surface area contributed by atoms with Crippen LogP contribution >= 0.6 is 0 Å². The molecule has 8 nitrogen and oxygen atoms in total. The Morgan fingerprint density at radius 2 is 1.97 bits per heavy atom. The van der Waals surface area contributed by atoms with Crippen molar-refractivity contribution in [3.05, 3.63) is 47.7 Å². The number of nitrogens with one attached hydrogen (secondary N) is 1. The molecule has 1 aromatic carbocycles. The Hall–Kier alpha value is -2.36. The summed E-state index contributed by atoms with van der Waals surface area (Å²) in [5.41, 5.74) is 0.163. The van der Waals surface area contributed by atoms with Crippen molar-refractivity contribution in [3.8, 4) is 5.75 Å². The standard InChI is InChI=1S/C22H30N2O6S/c1-22(2,3)23-31(26,27)20-12-11-19(30-20)21(25)24(15-17-9-7-13-29-17)14-16-8-5-6-10-18(16)28-4/h5-6,8,10-12,17,23H,7,9,13-15H2,1-4H3. The highest BCUT2D eigenvalue weighted by Crippen LogP contribution is 2.24. The van der Waals surface area contributed by atoms with E-state index in [2.05, 4.69) is 4.72 Å². The van der Waals surface area contributed by atoms with Crippen LogP contribution in [0.3, 0.4) is 0 Å². The van der Waals surface area contributed by atoms with E-state index in [0.717, 1.165) is 18.4 Å². The summed E-state index contributed by atoms with van der Waals surface area (Å²) in [6, 6.07) is 10.2. The molecule has 2 aromatic rings. The monoisotopic (exact) mass is 450 g/mol. The van der Waals surface area contributed by atoms with E-state index in [9.17, 15) is 13.2 Å². The molecule has 2 heterocycles. The number of carbonyl (C=O) groups excluding carboxylic acids is 1. The van der Waals surface area contributed by atoms with Gasteiger partial charge in [-0.3, -0.25) is 4.79 Å². The number of ether oxygens (including phenoxy) is 2. The van der Waals surface area contributed by atoms with Crippen molar-refractivity contribution < 1.29 is 27.1 Å². The molecule has 0 radical (unpaired) electrons. The Labute approximate surface area is 183 Å². The zero-order chi connectivity index (χ0) is 22.6. The molecule has 1 aromatic heterocycles. The van der Waals surface area contributed by atoms with Gasteiger partial charge in [-0.15, -0.1) is 0 Å². The van der Waals surface area contributed by atoms with Crippen LogP contribution in [0.5, 0.6) is 5.75 Å². The molecule has 0 aliphatic carbocycles. The first kappa shape index (κ1) is 23.3. The molecular weight excluding hydrogens is 420 g/mol. The van der Waals surface area contributed by atoms with Gasteiger partial charge in [-0.25, -0.2) is 13.1 Å². The average molecular weight is 451 g/mol. The maximum atomic E-state index is 13.3. The lowest BCUT2D eigenvalue weighted by Gasteiger charge is -2.25. The number of para-hydroxylation sites is 1. The zero-order valence-corrected chi connectivity index (χ0v) is 19.2. The molecule has 1 saturated heterocycles. The highest BCUT2D eigenvalue weighted by Gasteiger charge is 2.29. The van der Waals surface area contributed by atoms with Gasteiger partial charge in [0.05, 0.1) is 13.2 Å². The summed E-state index contributed by atoms with van der Waals surface area (Å²) in [5, 5.41) is -0.292. The molecule has 1 aliphatic rings. The van der Waals surface area contributed by atoms with Gasteiger partial charge >= 0.3 is 0 Å². The lowest BCUT2D eigenvalue weighted by Crippen LogP contribution is -2.40. The highest BCUT2D eigenvalue weighted by molar-refractivity contribution is 7.89. The summed E-state index contributed by atoms with van der Waals surface area (Å²) < 4.78 is 44.2. The minimum atomic E-state index is -3.88. The summed E-state index contributed by atoms with van der Waals surface area (Å²) in [6.07, 6.45) is 1.74. The topological polar surface area (TPSA) is 98.1 Å². The Bertz CT molecular complexity index is 1000. The Morgan fingerprint density at radius 3 is 2.61 bits per heavy atom. The van der Waals surface area contributed by atoms with E-state index in [-0.39, 0.29) is 23.5 Å². The Morgan fingerprint density at radius 1 is 1.23 bits per heavy atom. The van der Waals surface area contributed by atoms with Crippen molar-refractivity contribution in [2.75, 3.05) is 20.3 Å². The number of furan rings is 1. The van der Waals surface area contributed by atoms with Gasteiger partial charge in [0.15, 0.2) is 5.76 Å². The lowest BCUT2D eigenvalue weighted by atomic mass is 10.1. The number of hydrogen-bond donors (Lipinski definition) is 1. The number of hydrogen-bond acceptors (Lipinski definition) is 6. The molecule has 0 spiro atoms. The molecule has 1 fully saturated rings. The number of nitrogens with zero attached hydrogens (tertiary/aromatic N) is 1. The minimum absolute atomic E-state index is 0.0396. The normalized spacial score (nSPS) is 17.0. The van der Waals surface area contributed by atoms with Gasteiger partial charge in [0, 0.05) is 30.8 Å². The van der Waals surface area contributed by atoms with Gasteiger partial charge in [-0.1, -0.05) is 18.2 Å². The number of amides is 1. The fraction of sp³-hybridized carbons (Fsp3) is 0.500. The summed E-state index contributed by atoms with van der Waals surface area (Å²) in [7, 11) is -2.30. The van der Waals surface area contributed by atoms with Crippen LogP contribution in [-0.4, -0.2) is 51.1 Å². The average Bonchev–Trinajstić information content (AvgIpc) is 3.38. The van der Waals surface area contributed by atoms with E-state index in [1.165, 1.54) is 12.1 Å². The summed E-state index contributed by atoms with van der Waals surface area (Å²) in [6.45, 7) is 6.52. The van der Waals surface area contributed by atoms with Crippen LogP contribution in [0.15, 0.2) is 45.9 Å². The predicted octanol–water partition coefficient (Wildman–Crippen LogP) is 3.19. The van der Waals surface area contributed by atoms with Gasteiger partial charge in [-0.05, 0) is 51.8 Å². The van der Waals surface area contributed by atoms with Crippen LogP contribution in [-0.2, 0) is 21.3 Å². The van der Waals surface area contributed by atoms with Crippen molar-refractivity contribution in [1.82, 2.24) is 9.62 Å². The molecule has 1 amide bonds. The van der Waals surface area contributed by atoms with Crippen molar-refractivity contribution in [2.45, 2.75) is 56.9 Å². The highest BCUT2D eigenvalue weighted by atomic mass is 32.2. The molecule has 31 heavy (non-hydrogen) atoms. The second kappa shape index (κ2) is 9.42. The second-order valence-electron chi connectivity index (χ2n) is 8.61. The first-order valence-electron chi connectivity index (χ1n) is 10.3. The van der Waals surface area contributed by atoms with Crippen molar-refractivity contribution in [1.29, 1.82) is 0 Å². The van der Waals surface area contributed by atoms with Crippen LogP contribution in [0, 0.1) is 0 Å². The molecule has 0 bridgehead atoms. The molecule has 1 unspecified atom stereocenters. The van der Waals surface area contributed by atoms with Crippen LogP contribution in [0.25, 0.3) is 0 Å². The fourth-order valence-electron chi connectivity index (χ4n) is 3.48. The third-order valence-corrected chi connectivity index (χ3v) is 6.42. The molecule has 1 atom stereocenters. The third kappa shape index (κ3) is 6.09. The SMILES string of the molecule is COc1ccccc1CN(CC1CCCO1)C(=O)c1ccc(S(=O)(=O)NC(C)(C)C)o1. The van der Waals surface area contributed by atoms with Gasteiger partial charge in [0.25, 0.3) is 15.9 Å². The largest absolute Gasteiger partial charge is 0.496 e. The van der Waals surface area contributed by atoms with Crippen LogP contribution in [0.4, 0.5) is 0 Å². The summed E-state index contributed by atoms with van der Waals surface area (Å²) in [5.74, 6) is 0.227. The first-order valence-corrected chi connectivity index (χ1v) is 11.7. The van der Waals surface area contributed by atoms with Gasteiger partial charge in [0.2, 0.25) is 5.09 Å². The maximum Gasteiger partial charge on any atom is 0.290 e. The maximum absolute atomic E-state index is 13.3. The molecule has 0 saturated carbocycles. The third-order valence-electron chi connectivity index (χ3n) is 4.79. The Kier molecular flexibility index (Phi) is 7.08. The van der Waals surface area contributed by atoms with Crippen LogP contribution in [0.2, 0.25) is 0 Å². The minimum Gasteiger partial charge on any atom is -0.496 e. The smallest absolute Gasteiger partial charge is 0.290 e. The Balaban J connectivity index is 1.85. The lowest BCUT2D eigenvalue weighted by molar-refractivity contribution is 0.0478. The van der Waals surface area contributed by atoms with Crippen molar-refractivity contribution in [2.24, 2.45) is 0 Å². The van der Waals surface area contributed by atoms with Gasteiger partial charge < -0.3 is 18.8 Å². The number of methoxy groups -OCH3 is 1. The molecule has 9 heteroatoms. The summed E-state index contributed by atoms with van der Waals surface area (Å²) in [4.78, 5) is 14.9. The zero-order valence-electron chi connectivity index (χ0n) is 18.4. The number of rotatable bonds is 8. The van der Waals surface area contributed by atoms with Crippen molar-refractivity contribution in [3.63, 3.8) is 0 Å². The van der Waals surface area contributed by atoms with Crippen LogP contribution < -0.4 is 9.46 Å². The number of sulfonamides is 1. The first-order chi connectivity index (χ1) is 14.6. The molecule has 3 rings (SSSR count). The number of benzene rings is 1. The fourth-order valence-corrected chi connectivity index (χ4v) is 4.83. The summed E-state index contributed by atoms with van der Waals surface area (Å²) >= 11 is 0. The van der Waals surface area contributed by atoms with E-state index in [4.69, 9.17) is 13.9 Å². The van der Waals surface area contributed by atoms with Gasteiger partial charge in [-0.2, -0.15) is 0 Å². The van der Waals surface area contributed by atoms with Gasteiger partial charge in [0.1, 0.15) is 5.75 Å². The van der Waals surface area contributed by atoms with E-state index < -0.39 is 21.5 Å². The van der Waals surface area contributed by atoms with E-state index >= 15 is 0 Å². The van der Waals surface area contributed by atoms with E-state index in [0.29, 0.717) is 18.9 Å². The molecular formula is C22H30N2O6S. The van der Waals surface area contributed by atoms with Crippen molar-refractivity contribution >= 4 is 15.9 Å². The van der Waals surface area contributed by atoms with E-state index in [1.807, 2.05) is 24.3 Å². The van der Waals surface area contributed by atoms with E-state index in [1.54, 1.807) is 32.8 Å². The molecule has 1 N–H and O–H groups in total. The quantitative estimate of drug-likeness (QED) is 0.663. The second-order valence-corrected chi connectivity index (χ2v) is 10.2. The molecule has 170 valence electrons.